The van der Waals surface area contributed by atoms with Crippen molar-refractivity contribution in [1.29, 1.82) is 5.26 Å². The molecule has 0 aliphatic rings. The van der Waals surface area contributed by atoms with Crippen LogP contribution >= 0.6 is 11.6 Å². The average molecular weight is 251 g/mol. The number of hydrogen-bond donors (Lipinski definition) is 0. The smallest absolute Gasteiger partial charge is 0.227 e. The summed E-state index contributed by atoms with van der Waals surface area (Å²) in [5.74, 6) is 0.499. The van der Waals surface area contributed by atoms with Crippen LogP contribution in [0.5, 0.6) is 0 Å². The Morgan fingerprint density at radius 3 is 2.65 bits per heavy atom. The normalized spacial score (nSPS) is 9.65. The minimum absolute atomic E-state index is 0.0205. The van der Waals surface area contributed by atoms with Gasteiger partial charge in [0.25, 0.3) is 0 Å². The van der Waals surface area contributed by atoms with Crippen molar-refractivity contribution < 1.29 is 4.79 Å². The molecule has 1 aromatic carbocycles. The standard InChI is InChI=1S/C13H15ClN2O/c14-9-4-8-13(17)16(11-5-10-15)12-6-2-1-3-7-12/h1-3,6-7H,4-5,8-9,11H2. The summed E-state index contributed by atoms with van der Waals surface area (Å²) >= 11 is 5.58. The summed E-state index contributed by atoms with van der Waals surface area (Å²) < 4.78 is 0. The van der Waals surface area contributed by atoms with Crippen molar-refractivity contribution in [3.8, 4) is 6.07 Å². The quantitative estimate of drug-likeness (QED) is 0.729. The number of amides is 1. The van der Waals surface area contributed by atoms with Crippen LogP contribution in [0.25, 0.3) is 0 Å². The molecule has 0 aromatic heterocycles. The van der Waals surface area contributed by atoms with Crippen molar-refractivity contribution in [3.63, 3.8) is 0 Å². The van der Waals surface area contributed by atoms with Gasteiger partial charge in [0, 0.05) is 24.5 Å². The summed E-state index contributed by atoms with van der Waals surface area (Å²) in [4.78, 5) is 13.6. The number of hydrogen-bond acceptors (Lipinski definition) is 2. The summed E-state index contributed by atoms with van der Waals surface area (Å²) in [6.07, 6.45) is 1.42. The SMILES string of the molecule is N#CCCN(C(=O)CCCCl)c1ccccc1. The first-order chi connectivity index (χ1) is 8.29. The van der Waals surface area contributed by atoms with Gasteiger partial charge in [-0.25, -0.2) is 0 Å². The molecule has 0 heterocycles. The van der Waals surface area contributed by atoms with Crippen LogP contribution in [0.15, 0.2) is 30.3 Å². The summed E-state index contributed by atoms with van der Waals surface area (Å²) in [6.45, 7) is 0.432. The second-order valence-electron chi connectivity index (χ2n) is 3.58. The third kappa shape index (κ3) is 4.46. The lowest BCUT2D eigenvalue weighted by atomic mass is 10.2. The van der Waals surface area contributed by atoms with Crippen molar-refractivity contribution >= 4 is 23.2 Å². The maximum atomic E-state index is 12.0. The topological polar surface area (TPSA) is 44.1 Å². The lowest BCUT2D eigenvalue weighted by Crippen LogP contribution is -2.31. The lowest BCUT2D eigenvalue weighted by molar-refractivity contribution is -0.118. The Hall–Kier alpha value is -1.53. The number of benzene rings is 1. The van der Waals surface area contributed by atoms with E-state index in [1.165, 1.54) is 0 Å². The van der Waals surface area contributed by atoms with Gasteiger partial charge in [0.15, 0.2) is 0 Å². The molecule has 90 valence electrons. The Kier molecular flexibility index (Phi) is 6.13. The van der Waals surface area contributed by atoms with Crippen LogP contribution in [0.3, 0.4) is 0 Å². The Morgan fingerprint density at radius 2 is 2.06 bits per heavy atom. The second kappa shape index (κ2) is 7.70. The third-order valence-corrected chi connectivity index (χ3v) is 2.61. The zero-order valence-corrected chi connectivity index (χ0v) is 10.4. The minimum atomic E-state index is 0.0205. The van der Waals surface area contributed by atoms with Gasteiger partial charge in [-0.1, -0.05) is 18.2 Å². The van der Waals surface area contributed by atoms with Gasteiger partial charge in [-0.2, -0.15) is 5.26 Å². The zero-order valence-electron chi connectivity index (χ0n) is 9.60. The maximum Gasteiger partial charge on any atom is 0.227 e. The molecule has 0 fully saturated rings. The van der Waals surface area contributed by atoms with E-state index >= 15 is 0 Å². The molecule has 0 spiro atoms. The Balaban J connectivity index is 2.74. The van der Waals surface area contributed by atoms with Crippen LogP contribution in [0.1, 0.15) is 19.3 Å². The molecule has 0 bridgehead atoms. The summed E-state index contributed by atoms with van der Waals surface area (Å²) in [5.41, 5.74) is 0.835. The van der Waals surface area contributed by atoms with Crippen molar-refractivity contribution in [1.82, 2.24) is 0 Å². The van der Waals surface area contributed by atoms with Crippen LogP contribution in [0.2, 0.25) is 0 Å². The molecule has 4 heteroatoms. The molecular formula is C13H15ClN2O. The van der Waals surface area contributed by atoms with Gasteiger partial charge in [0.1, 0.15) is 0 Å². The van der Waals surface area contributed by atoms with Crippen LogP contribution in [0, 0.1) is 11.3 Å². The molecule has 1 rings (SSSR count). The van der Waals surface area contributed by atoms with Crippen LogP contribution in [0.4, 0.5) is 5.69 Å². The highest BCUT2D eigenvalue weighted by Gasteiger charge is 2.14. The van der Waals surface area contributed by atoms with E-state index in [9.17, 15) is 4.79 Å². The average Bonchev–Trinajstić information content (AvgIpc) is 2.38. The Morgan fingerprint density at radius 1 is 1.35 bits per heavy atom. The summed E-state index contributed by atoms with van der Waals surface area (Å²) in [7, 11) is 0. The van der Waals surface area contributed by atoms with E-state index in [-0.39, 0.29) is 5.91 Å². The van der Waals surface area contributed by atoms with Crippen molar-refractivity contribution in [2.75, 3.05) is 17.3 Å². The highest BCUT2D eigenvalue weighted by molar-refractivity contribution is 6.18. The fourth-order valence-electron chi connectivity index (χ4n) is 1.52. The number of carbonyl (C=O) groups is 1. The molecule has 1 amide bonds. The van der Waals surface area contributed by atoms with Gasteiger partial charge < -0.3 is 4.90 Å². The van der Waals surface area contributed by atoms with Crippen molar-refractivity contribution in [2.24, 2.45) is 0 Å². The number of halogens is 1. The predicted octanol–water partition coefficient (Wildman–Crippen LogP) is 2.95. The first-order valence-corrected chi connectivity index (χ1v) is 6.11. The van der Waals surface area contributed by atoms with E-state index in [0.29, 0.717) is 31.7 Å². The van der Waals surface area contributed by atoms with Gasteiger partial charge in [0.2, 0.25) is 5.91 Å². The van der Waals surface area contributed by atoms with Gasteiger partial charge in [-0.05, 0) is 18.6 Å². The number of alkyl halides is 1. The van der Waals surface area contributed by atoms with Crippen LogP contribution in [-0.2, 0) is 4.79 Å². The highest BCUT2D eigenvalue weighted by atomic mass is 35.5. The number of para-hydroxylation sites is 1. The Bertz CT molecular complexity index is 386. The molecule has 0 atom stereocenters. The zero-order chi connectivity index (χ0) is 12.5. The van der Waals surface area contributed by atoms with E-state index in [0.717, 1.165) is 5.69 Å². The second-order valence-corrected chi connectivity index (χ2v) is 3.96. The molecule has 0 unspecified atom stereocenters. The monoisotopic (exact) mass is 250 g/mol. The number of nitrogens with zero attached hydrogens (tertiary/aromatic N) is 2. The molecule has 0 aliphatic carbocycles. The molecule has 1 aromatic rings. The fourth-order valence-corrected chi connectivity index (χ4v) is 1.65. The van der Waals surface area contributed by atoms with E-state index in [4.69, 9.17) is 16.9 Å². The van der Waals surface area contributed by atoms with Gasteiger partial charge in [-0.15, -0.1) is 11.6 Å². The fraction of sp³-hybridized carbons (Fsp3) is 0.385. The molecule has 0 radical (unpaired) electrons. The van der Waals surface area contributed by atoms with Gasteiger partial charge in [-0.3, -0.25) is 4.79 Å². The third-order valence-electron chi connectivity index (χ3n) is 2.34. The van der Waals surface area contributed by atoms with Crippen molar-refractivity contribution in [2.45, 2.75) is 19.3 Å². The molecule has 0 aliphatic heterocycles. The van der Waals surface area contributed by atoms with Crippen LogP contribution in [-0.4, -0.2) is 18.3 Å². The number of carbonyl (C=O) groups excluding carboxylic acids is 1. The number of anilines is 1. The summed E-state index contributed by atoms with van der Waals surface area (Å²) in [6, 6.07) is 11.5. The maximum absolute atomic E-state index is 12.0. The van der Waals surface area contributed by atoms with E-state index in [2.05, 4.69) is 6.07 Å². The molecular weight excluding hydrogens is 236 g/mol. The van der Waals surface area contributed by atoms with Crippen molar-refractivity contribution in [3.05, 3.63) is 30.3 Å². The predicted molar refractivity (Wildman–Crippen MR) is 69.0 cm³/mol. The molecule has 3 nitrogen and oxygen atoms in total. The number of rotatable bonds is 6. The van der Waals surface area contributed by atoms with E-state index < -0.39 is 0 Å². The first-order valence-electron chi connectivity index (χ1n) is 5.58. The Labute approximate surface area is 107 Å². The largest absolute Gasteiger partial charge is 0.311 e. The van der Waals surface area contributed by atoms with E-state index in [1.807, 2.05) is 30.3 Å². The molecule has 0 N–H and O–H groups in total. The lowest BCUT2D eigenvalue weighted by Gasteiger charge is -2.21. The van der Waals surface area contributed by atoms with Gasteiger partial charge >= 0.3 is 0 Å². The number of nitriles is 1. The minimum Gasteiger partial charge on any atom is -0.311 e. The highest BCUT2D eigenvalue weighted by Crippen LogP contribution is 2.15. The summed E-state index contributed by atoms with van der Waals surface area (Å²) in [5, 5.41) is 8.61. The molecule has 17 heavy (non-hydrogen) atoms. The van der Waals surface area contributed by atoms with Crippen LogP contribution < -0.4 is 4.90 Å². The molecule has 0 saturated heterocycles. The van der Waals surface area contributed by atoms with E-state index in [1.54, 1.807) is 4.90 Å². The first kappa shape index (κ1) is 13.5. The molecule has 0 saturated carbocycles. The van der Waals surface area contributed by atoms with Gasteiger partial charge in [0.05, 0.1) is 12.5 Å².